The summed E-state index contributed by atoms with van der Waals surface area (Å²) in [6.07, 6.45) is 2.51. The number of nitrogens with zero attached hydrogens (tertiary/aromatic N) is 1. The maximum Gasteiger partial charge on any atom is 0.253 e. The molecule has 0 aromatic carbocycles. The van der Waals surface area contributed by atoms with Crippen LogP contribution >= 0.6 is 22.6 Å². The van der Waals surface area contributed by atoms with Crippen LogP contribution in [0.3, 0.4) is 0 Å². The fourth-order valence-electron chi connectivity index (χ4n) is 2.94. The van der Waals surface area contributed by atoms with Crippen LogP contribution in [0.1, 0.15) is 0 Å². The molecule has 1 heterocycles. The van der Waals surface area contributed by atoms with E-state index in [1.165, 1.54) is 12.2 Å². The van der Waals surface area contributed by atoms with E-state index in [9.17, 15) is 9.59 Å². The Morgan fingerprint density at radius 2 is 0.625 bits per heavy atom. The zero-order valence-corrected chi connectivity index (χ0v) is 25.6. The number of hydrogen-bond acceptors (Lipinski definition) is 12. The van der Waals surface area contributed by atoms with E-state index in [0.717, 1.165) is 15.9 Å². The average Bonchev–Trinajstić information content (AvgIpc) is 3.28. The largest absolute Gasteiger partial charge is 0.378 e. The molecule has 0 aromatic heterocycles. The fraction of sp³-hybridized carbons (Fsp3) is 0.846. The third-order valence-electron chi connectivity index (χ3n) is 4.93. The third kappa shape index (κ3) is 23.9. The molecule has 1 rings (SSSR count). The van der Waals surface area contributed by atoms with Gasteiger partial charge < -0.3 is 47.4 Å². The van der Waals surface area contributed by atoms with Crippen molar-refractivity contribution in [2.45, 2.75) is 0 Å². The molecule has 0 saturated heterocycles. The van der Waals surface area contributed by atoms with Crippen molar-refractivity contribution in [2.24, 2.45) is 0 Å². The topological polar surface area (TPSA) is 130 Å². The first-order chi connectivity index (χ1) is 19.8. The van der Waals surface area contributed by atoms with E-state index in [4.69, 9.17) is 47.4 Å². The summed E-state index contributed by atoms with van der Waals surface area (Å²) in [6, 6.07) is 0. The molecule has 13 nitrogen and oxygen atoms in total. The number of carbonyl (C=O) groups is 2. The summed E-state index contributed by atoms with van der Waals surface area (Å²) in [5.74, 6) is -0.608. The molecule has 0 atom stereocenters. The maximum absolute atomic E-state index is 11.4. The molecule has 1 aliphatic heterocycles. The molecule has 0 aliphatic carbocycles. The lowest BCUT2D eigenvalue weighted by molar-refractivity contribution is -0.137. The Kier molecular flexibility index (Phi) is 27.6. The van der Waals surface area contributed by atoms with Gasteiger partial charge in [0, 0.05) is 16.6 Å². The number of rotatable bonds is 32. The zero-order valence-electron chi connectivity index (χ0n) is 23.4. The molecule has 14 heteroatoms. The summed E-state index contributed by atoms with van der Waals surface area (Å²) >= 11 is 2.27. The van der Waals surface area contributed by atoms with Gasteiger partial charge in [0.05, 0.1) is 139 Å². The first kappa shape index (κ1) is 37.2. The highest BCUT2D eigenvalue weighted by Crippen LogP contribution is 2.02. The smallest absolute Gasteiger partial charge is 0.253 e. The molecule has 0 bridgehead atoms. The highest BCUT2D eigenvalue weighted by Gasteiger charge is 2.22. The van der Waals surface area contributed by atoms with E-state index in [0.29, 0.717) is 119 Å². The van der Waals surface area contributed by atoms with Crippen molar-refractivity contribution >= 4 is 34.4 Å². The molecule has 0 fully saturated rings. The van der Waals surface area contributed by atoms with Crippen LogP contribution in [0, 0.1) is 0 Å². The van der Waals surface area contributed by atoms with Crippen molar-refractivity contribution in [1.29, 1.82) is 0 Å². The second-order valence-electron chi connectivity index (χ2n) is 7.97. The van der Waals surface area contributed by atoms with E-state index in [1.807, 2.05) is 0 Å². The van der Waals surface area contributed by atoms with Gasteiger partial charge in [0.25, 0.3) is 11.8 Å². The normalized spacial score (nSPS) is 13.3. The predicted molar refractivity (Wildman–Crippen MR) is 153 cm³/mol. The number of amides is 2. The Balaban J connectivity index is 1.63. The van der Waals surface area contributed by atoms with Crippen molar-refractivity contribution in [3.8, 4) is 0 Å². The van der Waals surface area contributed by atoms with Crippen molar-refractivity contribution in [3.63, 3.8) is 0 Å². The fourth-order valence-corrected chi connectivity index (χ4v) is 3.25. The minimum atomic E-state index is -0.304. The predicted octanol–water partition coefficient (Wildman–Crippen LogP) is 0.512. The molecule has 1 aliphatic rings. The molecule has 234 valence electrons. The Hall–Kier alpha value is -0.790. The van der Waals surface area contributed by atoms with Crippen molar-refractivity contribution < 1.29 is 57.0 Å². The molecule has 0 radical (unpaired) electrons. The van der Waals surface area contributed by atoms with Gasteiger partial charge in [-0.3, -0.25) is 14.5 Å². The van der Waals surface area contributed by atoms with Gasteiger partial charge in [-0.15, -0.1) is 0 Å². The molecule has 0 saturated carbocycles. The second kappa shape index (κ2) is 29.7. The van der Waals surface area contributed by atoms with E-state index in [1.54, 1.807) is 0 Å². The summed E-state index contributed by atoms with van der Waals surface area (Å²) in [7, 11) is 0. The van der Waals surface area contributed by atoms with Gasteiger partial charge in [-0.2, -0.15) is 0 Å². The van der Waals surface area contributed by atoms with Gasteiger partial charge in [0.15, 0.2) is 0 Å². The quantitative estimate of drug-likeness (QED) is 0.0422. The molecule has 2 amide bonds. The average molecular weight is 692 g/mol. The van der Waals surface area contributed by atoms with E-state index < -0.39 is 0 Å². The van der Waals surface area contributed by atoms with Crippen LogP contribution in [0.5, 0.6) is 0 Å². The van der Waals surface area contributed by atoms with Gasteiger partial charge >= 0.3 is 0 Å². The number of hydrogen-bond donors (Lipinski definition) is 0. The number of halogens is 1. The van der Waals surface area contributed by atoms with Crippen molar-refractivity contribution in [1.82, 2.24) is 4.90 Å². The van der Waals surface area contributed by atoms with E-state index in [-0.39, 0.29) is 25.0 Å². The Morgan fingerprint density at radius 3 is 0.875 bits per heavy atom. The van der Waals surface area contributed by atoms with Crippen LogP contribution in [0.2, 0.25) is 0 Å². The Bertz CT molecular complexity index is 610. The molecule has 0 spiro atoms. The van der Waals surface area contributed by atoms with Gasteiger partial charge in [-0.25, -0.2) is 0 Å². The van der Waals surface area contributed by atoms with Crippen LogP contribution in [-0.4, -0.2) is 160 Å². The number of alkyl halides is 1. The van der Waals surface area contributed by atoms with Crippen LogP contribution in [0.25, 0.3) is 0 Å². The van der Waals surface area contributed by atoms with Gasteiger partial charge in [0.2, 0.25) is 0 Å². The third-order valence-corrected chi connectivity index (χ3v) is 5.37. The summed E-state index contributed by atoms with van der Waals surface area (Å²) in [4.78, 5) is 23.9. The van der Waals surface area contributed by atoms with E-state index >= 15 is 0 Å². The van der Waals surface area contributed by atoms with Crippen LogP contribution in [0.4, 0.5) is 0 Å². The molecular formula is C26H46INO12. The minimum Gasteiger partial charge on any atom is -0.378 e. The zero-order chi connectivity index (χ0) is 28.8. The number of imide groups is 1. The summed E-state index contributed by atoms with van der Waals surface area (Å²) in [6.45, 7) is 10.3. The summed E-state index contributed by atoms with van der Waals surface area (Å²) in [5.41, 5.74) is 0. The van der Waals surface area contributed by atoms with E-state index in [2.05, 4.69) is 22.6 Å². The summed E-state index contributed by atoms with van der Waals surface area (Å²) in [5, 5.41) is 0. The standard InChI is InChI=1S/C26H46INO12/c27-3-5-31-7-9-33-11-13-35-15-17-37-19-21-39-23-24-40-22-20-38-18-16-36-14-12-34-10-8-32-6-4-28-25(29)1-2-26(28)30/h1-2H,3-24H2. The van der Waals surface area contributed by atoms with Crippen LogP contribution in [0.15, 0.2) is 12.2 Å². The van der Waals surface area contributed by atoms with Crippen molar-refractivity contribution in [3.05, 3.63) is 12.2 Å². The summed E-state index contributed by atoms with van der Waals surface area (Å²) < 4.78 is 55.1. The maximum atomic E-state index is 11.4. The first-order valence-corrected chi connectivity index (χ1v) is 15.1. The monoisotopic (exact) mass is 691 g/mol. The van der Waals surface area contributed by atoms with Gasteiger partial charge in [0.1, 0.15) is 0 Å². The lowest BCUT2D eigenvalue weighted by Gasteiger charge is -2.13. The molecule has 40 heavy (non-hydrogen) atoms. The lowest BCUT2D eigenvalue weighted by Crippen LogP contribution is -2.33. The SMILES string of the molecule is O=C1C=CC(=O)N1CCOCCOCCOCCOCCOCCOCCOCCOCCOCCOCCI. The van der Waals surface area contributed by atoms with Crippen molar-refractivity contribution in [2.75, 3.05) is 143 Å². The second-order valence-corrected chi connectivity index (χ2v) is 9.05. The van der Waals surface area contributed by atoms with Crippen LogP contribution in [-0.2, 0) is 57.0 Å². The van der Waals surface area contributed by atoms with Crippen LogP contribution < -0.4 is 0 Å². The highest BCUT2D eigenvalue weighted by molar-refractivity contribution is 14.1. The highest BCUT2D eigenvalue weighted by atomic mass is 127. The molecule has 0 N–H and O–H groups in total. The van der Waals surface area contributed by atoms with Gasteiger partial charge in [-0.05, 0) is 0 Å². The number of carbonyl (C=O) groups excluding carboxylic acids is 2. The minimum absolute atomic E-state index is 0.243. The molecular weight excluding hydrogens is 645 g/mol. The molecule has 0 aromatic rings. The lowest BCUT2D eigenvalue weighted by atomic mass is 10.5. The number of ether oxygens (including phenoxy) is 10. The molecule has 0 unspecified atom stereocenters. The Morgan fingerprint density at radius 1 is 0.400 bits per heavy atom. The Labute approximate surface area is 251 Å². The first-order valence-electron chi connectivity index (χ1n) is 13.6. The van der Waals surface area contributed by atoms with Gasteiger partial charge in [-0.1, -0.05) is 22.6 Å².